The van der Waals surface area contributed by atoms with E-state index in [2.05, 4.69) is 6.58 Å². The first-order valence-corrected chi connectivity index (χ1v) is 6.46. The van der Waals surface area contributed by atoms with Crippen molar-refractivity contribution >= 4 is 5.97 Å². The maximum atomic E-state index is 10.8. The second-order valence-corrected chi connectivity index (χ2v) is 5.86. The zero-order chi connectivity index (χ0) is 9.68. The fourth-order valence-electron chi connectivity index (χ4n) is 1.40. The molecule has 3 nitrogen and oxygen atoms in total. The SMILES string of the molecule is C=CC(=O)O[I-]C1CCC(CO)C1. The van der Waals surface area contributed by atoms with Crippen molar-refractivity contribution in [3.8, 4) is 0 Å². The van der Waals surface area contributed by atoms with Crippen molar-refractivity contribution < 1.29 is 34.6 Å². The fraction of sp³-hybridized carbons (Fsp3) is 0.667. The van der Waals surface area contributed by atoms with Gasteiger partial charge in [-0.2, -0.15) is 0 Å². The third-order valence-corrected chi connectivity index (χ3v) is 4.69. The van der Waals surface area contributed by atoms with Gasteiger partial charge < -0.3 is 0 Å². The average molecular weight is 297 g/mol. The molecule has 1 rings (SSSR count). The Balaban J connectivity index is 2.17. The summed E-state index contributed by atoms with van der Waals surface area (Å²) in [6.07, 6.45) is 4.40. The van der Waals surface area contributed by atoms with Gasteiger partial charge in [0.1, 0.15) is 0 Å². The number of carbonyl (C=O) groups is 1. The Morgan fingerprint density at radius 1 is 1.69 bits per heavy atom. The third-order valence-electron chi connectivity index (χ3n) is 2.15. The zero-order valence-electron chi connectivity index (χ0n) is 7.41. The van der Waals surface area contributed by atoms with Crippen LogP contribution < -0.4 is 21.6 Å². The molecule has 4 heteroatoms. The van der Waals surface area contributed by atoms with Gasteiger partial charge in [0.25, 0.3) is 0 Å². The molecule has 0 bridgehead atoms. The molecule has 1 fully saturated rings. The number of hydrogen-bond donors (Lipinski definition) is 1. The first-order chi connectivity index (χ1) is 6.26. The predicted octanol–water partition coefficient (Wildman–Crippen LogP) is -2.12. The molecule has 0 aliphatic heterocycles. The van der Waals surface area contributed by atoms with Crippen LogP contribution in [-0.2, 0) is 7.86 Å². The summed E-state index contributed by atoms with van der Waals surface area (Å²) in [6, 6.07) is 0. The van der Waals surface area contributed by atoms with Crippen LogP contribution >= 0.6 is 0 Å². The minimum absolute atomic E-state index is 0.273. The predicted molar refractivity (Wildman–Crippen MR) is 44.5 cm³/mol. The van der Waals surface area contributed by atoms with Crippen molar-refractivity contribution in [1.82, 2.24) is 0 Å². The maximum absolute atomic E-state index is 10.8. The minimum atomic E-state index is -0.491. The molecule has 0 aromatic carbocycles. The molecular formula is C9H14IO3-. The molecule has 0 aromatic rings. The summed E-state index contributed by atoms with van der Waals surface area (Å²) >= 11 is -0.491. The van der Waals surface area contributed by atoms with Crippen LogP contribution in [0.4, 0.5) is 0 Å². The van der Waals surface area contributed by atoms with E-state index in [1.807, 2.05) is 0 Å². The van der Waals surface area contributed by atoms with Gasteiger partial charge in [-0.15, -0.1) is 0 Å². The van der Waals surface area contributed by atoms with E-state index in [0.29, 0.717) is 9.84 Å². The molecule has 1 N–H and O–H groups in total. The van der Waals surface area contributed by atoms with Crippen molar-refractivity contribution in [2.24, 2.45) is 5.92 Å². The van der Waals surface area contributed by atoms with Gasteiger partial charge >= 0.3 is 88.9 Å². The molecule has 1 saturated carbocycles. The van der Waals surface area contributed by atoms with Gasteiger partial charge in [0.2, 0.25) is 0 Å². The molecule has 2 unspecified atom stereocenters. The Kier molecular flexibility index (Phi) is 4.72. The summed E-state index contributed by atoms with van der Waals surface area (Å²) in [5.74, 6) is 0.132. The molecule has 0 spiro atoms. The molecule has 1 aliphatic carbocycles. The molecule has 0 saturated heterocycles. The van der Waals surface area contributed by atoms with Gasteiger partial charge in [-0.05, 0) is 0 Å². The van der Waals surface area contributed by atoms with Crippen molar-refractivity contribution in [2.45, 2.75) is 23.2 Å². The van der Waals surface area contributed by atoms with Gasteiger partial charge in [-0.3, -0.25) is 0 Å². The van der Waals surface area contributed by atoms with E-state index in [4.69, 9.17) is 8.17 Å². The number of alkyl halides is 1. The van der Waals surface area contributed by atoms with Crippen molar-refractivity contribution in [3.05, 3.63) is 12.7 Å². The normalized spacial score (nSPS) is 27.5. The zero-order valence-corrected chi connectivity index (χ0v) is 9.57. The van der Waals surface area contributed by atoms with Gasteiger partial charge in [0.05, 0.1) is 0 Å². The first kappa shape index (κ1) is 11.0. The molecule has 2 atom stereocenters. The molecule has 1 aliphatic rings. The van der Waals surface area contributed by atoms with E-state index < -0.39 is 21.6 Å². The molecule has 76 valence electrons. The van der Waals surface area contributed by atoms with Gasteiger partial charge in [-0.25, -0.2) is 0 Å². The van der Waals surface area contributed by atoms with E-state index in [0.717, 1.165) is 19.3 Å². The first-order valence-electron chi connectivity index (χ1n) is 4.34. The number of hydrogen-bond acceptors (Lipinski definition) is 3. The molecule has 0 amide bonds. The topological polar surface area (TPSA) is 46.5 Å². The number of aliphatic hydroxyl groups excluding tert-OH is 1. The van der Waals surface area contributed by atoms with Crippen LogP contribution in [0.5, 0.6) is 0 Å². The molecule has 13 heavy (non-hydrogen) atoms. The fourth-order valence-corrected chi connectivity index (χ4v) is 3.73. The van der Waals surface area contributed by atoms with E-state index >= 15 is 0 Å². The van der Waals surface area contributed by atoms with E-state index in [9.17, 15) is 4.79 Å². The van der Waals surface area contributed by atoms with Gasteiger partial charge in [-0.1, -0.05) is 0 Å². The van der Waals surface area contributed by atoms with Crippen LogP contribution in [0.15, 0.2) is 12.7 Å². The Hall–Kier alpha value is -0.100. The van der Waals surface area contributed by atoms with Crippen molar-refractivity contribution in [1.29, 1.82) is 0 Å². The van der Waals surface area contributed by atoms with Crippen molar-refractivity contribution in [2.75, 3.05) is 6.61 Å². The van der Waals surface area contributed by atoms with Gasteiger partial charge in [0, 0.05) is 0 Å². The monoisotopic (exact) mass is 297 g/mol. The number of carbonyl (C=O) groups excluding carboxylic acids is 1. The third kappa shape index (κ3) is 3.64. The van der Waals surface area contributed by atoms with Crippen LogP contribution in [-0.4, -0.2) is 21.6 Å². The quantitative estimate of drug-likeness (QED) is 0.367. The van der Waals surface area contributed by atoms with Crippen LogP contribution in [0.2, 0.25) is 0 Å². The Morgan fingerprint density at radius 2 is 2.46 bits per heavy atom. The van der Waals surface area contributed by atoms with Crippen molar-refractivity contribution in [3.63, 3.8) is 0 Å². The van der Waals surface area contributed by atoms with Crippen LogP contribution in [0, 0.1) is 5.92 Å². The Labute approximate surface area is 89.0 Å². The van der Waals surface area contributed by atoms with Crippen LogP contribution in [0.1, 0.15) is 19.3 Å². The summed E-state index contributed by atoms with van der Waals surface area (Å²) in [7, 11) is 0. The standard InChI is InChI=1S/C9H14IO3/c1-2-9(12)13-10-8-4-3-7(5-8)6-11/h2,7-8,11H,1,3-6H2/q-1. The summed E-state index contributed by atoms with van der Waals surface area (Å²) in [6.45, 7) is 3.61. The molecule has 0 heterocycles. The van der Waals surface area contributed by atoms with Gasteiger partial charge in [0.15, 0.2) is 0 Å². The summed E-state index contributed by atoms with van der Waals surface area (Å²) in [5.41, 5.74) is 0. The number of halogens is 1. The summed E-state index contributed by atoms with van der Waals surface area (Å²) < 4.78 is 5.58. The molecule has 0 aromatic heterocycles. The summed E-state index contributed by atoms with van der Waals surface area (Å²) in [4.78, 5) is 10.8. The van der Waals surface area contributed by atoms with E-state index in [1.165, 1.54) is 6.08 Å². The molecule has 0 radical (unpaired) electrons. The van der Waals surface area contributed by atoms with E-state index in [-0.39, 0.29) is 12.6 Å². The number of rotatable bonds is 4. The number of aliphatic hydroxyl groups is 1. The summed E-state index contributed by atoms with van der Waals surface area (Å²) in [5, 5.41) is 8.90. The Bertz CT molecular complexity index is 193. The van der Waals surface area contributed by atoms with Crippen LogP contribution in [0.25, 0.3) is 0 Å². The second-order valence-electron chi connectivity index (χ2n) is 3.15. The Morgan fingerprint density at radius 3 is 3.00 bits per heavy atom. The van der Waals surface area contributed by atoms with E-state index in [1.54, 1.807) is 0 Å². The van der Waals surface area contributed by atoms with Crippen LogP contribution in [0.3, 0.4) is 0 Å². The average Bonchev–Trinajstić information content (AvgIpc) is 2.61. The molecular weight excluding hydrogens is 283 g/mol. The second kappa shape index (κ2) is 5.59.